The summed E-state index contributed by atoms with van der Waals surface area (Å²) in [5.74, 6) is -0.951. The number of carbonyl (C=O) groups excluding carboxylic acids is 2. The van der Waals surface area contributed by atoms with Crippen molar-refractivity contribution in [3.8, 4) is 0 Å². The number of sulfonamides is 1. The molecule has 170 valence electrons. The molecule has 8 heteroatoms. The molecule has 1 saturated heterocycles. The van der Waals surface area contributed by atoms with E-state index in [0.717, 1.165) is 18.4 Å². The minimum absolute atomic E-state index is 0.116. The lowest BCUT2D eigenvalue weighted by Gasteiger charge is -2.32. The van der Waals surface area contributed by atoms with E-state index in [1.54, 1.807) is 30.3 Å². The maximum Gasteiger partial charge on any atom is 0.243 e. The van der Waals surface area contributed by atoms with Crippen molar-refractivity contribution < 1.29 is 18.0 Å². The number of carbonyl (C=O) groups is 2. The van der Waals surface area contributed by atoms with Gasteiger partial charge in [0.2, 0.25) is 21.8 Å². The highest BCUT2D eigenvalue weighted by atomic mass is 32.2. The van der Waals surface area contributed by atoms with Crippen LogP contribution in [0.3, 0.4) is 0 Å². The molecular formula is C24H29N3O4S. The van der Waals surface area contributed by atoms with Crippen molar-refractivity contribution in [3.05, 3.63) is 66.2 Å². The zero-order valence-corrected chi connectivity index (χ0v) is 18.8. The van der Waals surface area contributed by atoms with Crippen molar-refractivity contribution in [1.29, 1.82) is 0 Å². The number of hydrogen-bond donors (Lipinski definition) is 2. The van der Waals surface area contributed by atoms with Gasteiger partial charge in [-0.1, -0.05) is 48.5 Å². The van der Waals surface area contributed by atoms with Gasteiger partial charge in [0, 0.05) is 25.6 Å². The first-order valence-electron chi connectivity index (χ1n) is 11.1. The average Bonchev–Trinajstić information content (AvgIpc) is 3.64. The maximum absolute atomic E-state index is 13.1. The van der Waals surface area contributed by atoms with Crippen LogP contribution in [0.4, 0.5) is 0 Å². The number of rotatable bonds is 8. The number of piperidine rings is 1. The lowest BCUT2D eigenvalue weighted by Crippen LogP contribution is -2.52. The smallest absolute Gasteiger partial charge is 0.243 e. The maximum atomic E-state index is 13.1. The van der Waals surface area contributed by atoms with E-state index in [2.05, 4.69) is 10.6 Å². The lowest BCUT2D eigenvalue weighted by molar-refractivity contribution is -0.131. The molecule has 32 heavy (non-hydrogen) atoms. The van der Waals surface area contributed by atoms with Crippen LogP contribution in [0.15, 0.2) is 65.6 Å². The monoisotopic (exact) mass is 455 g/mol. The van der Waals surface area contributed by atoms with Crippen molar-refractivity contribution in [2.45, 2.75) is 49.1 Å². The Morgan fingerprint density at radius 1 is 0.969 bits per heavy atom. The van der Waals surface area contributed by atoms with Gasteiger partial charge in [0.1, 0.15) is 6.04 Å². The normalized spacial score (nSPS) is 20.3. The van der Waals surface area contributed by atoms with E-state index >= 15 is 0 Å². The Bertz CT molecular complexity index is 1040. The molecule has 0 unspecified atom stereocenters. The highest BCUT2D eigenvalue weighted by Crippen LogP contribution is 2.24. The van der Waals surface area contributed by atoms with Crippen LogP contribution in [-0.2, 0) is 26.0 Å². The summed E-state index contributed by atoms with van der Waals surface area (Å²) in [7, 11) is -3.66. The van der Waals surface area contributed by atoms with Crippen LogP contribution < -0.4 is 10.6 Å². The van der Waals surface area contributed by atoms with Gasteiger partial charge in [-0.25, -0.2) is 8.42 Å². The number of amides is 2. The van der Waals surface area contributed by atoms with Gasteiger partial charge >= 0.3 is 0 Å². The van der Waals surface area contributed by atoms with E-state index in [1.807, 2.05) is 30.3 Å². The number of benzene rings is 2. The summed E-state index contributed by atoms with van der Waals surface area (Å²) in [6.07, 6.45) is 3.51. The molecule has 4 rings (SSSR count). The largest absolute Gasteiger partial charge is 0.352 e. The van der Waals surface area contributed by atoms with Crippen LogP contribution in [0, 0.1) is 5.92 Å². The third kappa shape index (κ3) is 5.55. The van der Waals surface area contributed by atoms with Gasteiger partial charge in [-0.3, -0.25) is 9.59 Å². The Balaban J connectivity index is 1.44. The van der Waals surface area contributed by atoms with Gasteiger partial charge in [0.05, 0.1) is 10.8 Å². The molecule has 2 aromatic rings. The Morgan fingerprint density at radius 3 is 2.28 bits per heavy atom. The van der Waals surface area contributed by atoms with Crippen molar-refractivity contribution in [2.24, 2.45) is 5.92 Å². The van der Waals surface area contributed by atoms with Gasteiger partial charge in [-0.05, 0) is 43.4 Å². The predicted molar refractivity (Wildman–Crippen MR) is 121 cm³/mol. The van der Waals surface area contributed by atoms with Crippen LogP contribution in [0.2, 0.25) is 0 Å². The Kier molecular flexibility index (Phi) is 6.91. The standard InChI is InChI=1S/C24H29N3O4S/c28-23(19-10-7-15-27(17-19)32(30,31)21-11-5-2-6-12-21)26-22(24(29)25-20-13-14-20)16-18-8-3-1-4-9-18/h1-6,8-9,11-12,19-20,22H,7,10,13-17H2,(H,25,29)(H,26,28)/t19-,22-/m0/s1. The van der Waals surface area contributed by atoms with Crippen molar-refractivity contribution in [2.75, 3.05) is 13.1 Å². The van der Waals surface area contributed by atoms with Gasteiger partial charge in [0.15, 0.2) is 0 Å². The molecular weight excluding hydrogens is 426 g/mol. The van der Waals surface area contributed by atoms with Crippen molar-refractivity contribution in [1.82, 2.24) is 14.9 Å². The molecule has 7 nitrogen and oxygen atoms in total. The van der Waals surface area contributed by atoms with Gasteiger partial charge in [0.25, 0.3) is 0 Å². The Morgan fingerprint density at radius 2 is 1.62 bits per heavy atom. The fourth-order valence-corrected chi connectivity index (χ4v) is 5.54. The SMILES string of the molecule is O=C(N[C@@H](Cc1ccccc1)C(=O)NC1CC1)[C@H]1CCCN(S(=O)(=O)c2ccccc2)C1. The fraction of sp³-hybridized carbons (Fsp3) is 0.417. The third-order valence-corrected chi connectivity index (χ3v) is 7.85. The van der Waals surface area contributed by atoms with Crippen LogP contribution in [-0.4, -0.2) is 49.7 Å². The third-order valence-electron chi connectivity index (χ3n) is 5.98. The summed E-state index contributed by atoms with van der Waals surface area (Å²) in [5.41, 5.74) is 0.959. The van der Waals surface area contributed by atoms with Crippen LogP contribution in [0.25, 0.3) is 0 Å². The molecule has 0 spiro atoms. The summed E-state index contributed by atoms with van der Waals surface area (Å²) in [4.78, 5) is 26.1. The zero-order chi connectivity index (χ0) is 22.6. The van der Waals surface area contributed by atoms with Crippen molar-refractivity contribution >= 4 is 21.8 Å². The summed E-state index contributed by atoms with van der Waals surface area (Å²) < 4.78 is 27.4. The molecule has 0 aromatic heterocycles. The molecule has 0 bridgehead atoms. The molecule has 2 amide bonds. The highest BCUT2D eigenvalue weighted by Gasteiger charge is 2.35. The highest BCUT2D eigenvalue weighted by molar-refractivity contribution is 7.89. The van der Waals surface area contributed by atoms with Gasteiger partial charge in [-0.2, -0.15) is 4.31 Å². The molecule has 2 aliphatic rings. The molecule has 2 aromatic carbocycles. The Hall–Kier alpha value is -2.71. The van der Waals surface area contributed by atoms with E-state index in [9.17, 15) is 18.0 Å². The molecule has 1 saturated carbocycles. The molecule has 0 radical (unpaired) electrons. The first-order chi connectivity index (χ1) is 15.4. The fourth-order valence-electron chi connectivity index (χ4n) is 3.99. The molecule has 1 aliphatic carbocycles. The molecule has 2 atom stereocenters. The summed E-state index contributed by atoms with van der Waals surface area (Å²) in [5, 5.41) is 5.88. The quantitative estimate of drug-likeness (QED) is 0.637. The summed E-state index contributed by atoms with van der Waals surface area (Å²) in [6.45, 7) is 0.502. The molecule has 2 fully saturated rings. The first-order valence-corrected chi connectivity index (χ1v) is 12.6. The summed E-state index contributed by atoms with van der Waals surface area (Å²) >= 11 is 0. The minimum Gasteiger partial charge on any atom is -0.352 e. The molecule has 1 heterocycles. The topological polar surface area (TPSA) is 95.6 Å². The van der Waals surface area contributed by atoms with E-state index in [0.29, 0.717) is 25.8 Å². The second-order valence-corrected chi connectivity index (χ2v) is 10.5. The summed E-state index contributed by atoms with van der Waals surface area (Å²) in [6, 6.07) is 17.4. The number of nitrogens with one attached hydrogen (secondary N) is 2. The second-order valence-electron chi connectivity index (χ2n) is 8.55. The van der Waals surface area contributed by atoms with Crippen molar-refractivity contribution in [3.63, 3.8) is 0 Å². The lowest BCUT2D eigenvalue weighted by atomic mass is 9.97. The molecule has 1 aliphatic heterocycles. The van der Waals surface area contributed by atoms with E-state index in [4.69, 9.17) is 0 Å². The first kappa shape index (κ1) is 22.5. The van der Waals surface area contributed by atoms with Crippen LogP contribution in [0.5, 0.6) is 0 Å². The van der Waals surface area contributed by atoms with Gasteiger partial charge in [-0.15, -0.1) is 0 Å². The van der Waals surface area contributed by atoms with Crippen LogP contribution >= 0.6 is 0 Å². The van der Waals surface area contributed by atoms with Crippen LogP contribution in [0.1, 0.15) is 31.2 Å². The minimum atomic E-state index is -3.66. The number of nitrogens with zero attached hydrogens (tertiary/aromatic N) is 1. The van der Waals surface area contributed by atoms with E-state index in [-0.39, 0.29) is 29.3 Å². The van der Waals surface area contributed by atoms with E-state index in [1.165, 1.54) is 4.31 Å². The average molecular weight is 456 g/mol. The molecule has 2 N–H and O–H groups in total. The van der Waals surface area contributed by atoms with E-state index < -0.39 is 22.0 Å². The Labute approximate surface area is 189 Å². The predicted octanol–water partition coefficient (Wildman–Crippen LogP) is 2.09. The second kappa shape index (κ2) is 9.83. The number of hydrogen-bond acceptors (Lipinski definition) is 4. The van der Waals surface area contributed by atoms with Gasteiger partial charge < -0.3 is 10.6 Å². The zero-order valence-electron chi connectivity index (χ0n) is 17.9.